The maximum atomic E-state index is 12.2. The zero-order chi connectivity index (χ0) is 22.9. The molecule has 172 valence electrons. The van der Waals surface area contributed by atoms with Crippen LogP contribution in [0, 0.1) is 0 Å². The van der Waals surface area contributed by atoms with Gasteiger partial charge in [0.25, 0.3) is 5.91 Å². The predicted octanol–water partition coefficient (Wildman–Crippen LogP) is 3.41. The Bertz CT molecular complexity index is 958. The molecule has 32 heavy (non-hydrogen) atoms. The minimum absolute atomic E-state index is 0.0483. The van der Waals surface area contributed by atoms with Gasteiger partial charge in [-0.3, -0.25) is 9.79 Å². The molecule has 1 unspecified atom stereocenters. The Morgan fingerprint density at radius 2 is 1.97 bits per heavy atom. The lowest BCUT2D eigenvalue weighted by Gasteiger charge is -2.16. The second-order valence-corrected chi connectivity index (χ2v) is 7.87. The van der Waals surface area contributed by atoms with Gasteiger partial charge >= 0.3 is 0 Å². The van der Waals surface area contributed by atoms with Gasteiger partial charge in [0, 0.05) is 49.8 Å². The molecular weight excluding hydrogens is 404 g/mol. The summed E-state index contributed by atoms with van der Waals surface area (Å²) in [5, 5.41) is 9.57. The Morgan fingerprint density at radius 1 is 1.16 bits per heavy atom. The summed E-state index contributed by atoms with van der Waals surface area (Å²) in [7, 11) is 1.74. The molecule has 0 fully saturated rings. The van der Waals surface area contributed by atoms with Gasteiger partial charge in [0.1, 0.15) is 17.6 Å². The first-order valence-corrected chi connectivity index (χ1v) is 11.3. The van der Waals surface area contributed by atoms with Crippen LogP contribution in [0.15, 0.2) is 41.4 Å². The second kappa shape index (κ2) is 11.4. The molecule has 7 nitrogen and oxygen atoms in total. The van der Waals surface area contributed by atoms with Crippen LogP contribution in [-0.2, 0) is 19.5 Å². The van der Waals surface area contributed by atoms with E-state index in [-0.39, 0.29) is 12.0 Å². The summed E-state index contributed by atoms with van der Waals surface area (Å²) in [6.07, 6.45) is 2.01. The molecular formula is C25H34N4O3. The lowest BCUT2D eigenvalue weighted by atomic mass is 10.1. The number of hydrogen-bond acceptors (Lipinski definition) is 4. The molecule has 0 radical (unpaired) electrons. The number of amides is 1. The highest BCUT2D eigenvalue weighted by molar-refractivity contribution is 5.94. The number of nitrogens with one attached hydrogen (secondary N) is 3. The van der Waals surface area contributed by atoms with Crippen LogP contribution in [0.5, 0.6) is 11.5 Å². The summed E-state index contributed by atoms with van der Waals surface area (Å²) in [5.74, 6) is 2.42. The minimum Gasteiger partial charge on any atom is -0.494 e. The normalized spacial score (nSPS) is 15.0. The number of aliphatic imine (C=N–C) groups is 1. The van der Waals surface area contributed by atoms with Crippen molar-refractivity contribution in [2.45, 2.75) is 52.8 Å². The van der Waals surface area contributed by atoms with Crippen molar-refractivity contribution in [3.63, 3.8) is 0 Å². The average Bonchev–Trinajstić information content (AvgIpc) is 3.16. The Labute approximate surface area is 190 Å². The monoisotopic (exact) mass is 438 g/mol. The fourth-order valence-electron chi connectivity index (χ4n) is 3.66. The van der Waals surface area contributed by atoms with E-state index in [0.29, 0.717) is 37.8 Å². The number of ether oxygens (including phenoxy) is 2. The highest BCUT2D eigenvalue weighted by atomic mass is 16.5. The summed E-state index contributed by atoms with van der Waals surface area (Å²) < 4.78 is 11.8. The van der Waals surface area contributed by atoms with Crippen LogP contribution in [0.25, 0.3) is 0 Å². The third-order valence-electron chi connectivity index (χ3n) is 5.23. The van der Waals surface area contributed by atoms with E-state index < -0.39 is 0 Å². The molecule has 2 aromatic carbocycles. The van der Waals surface area contributed by atoms with Crippen LogP contribution < -0.4 is 25.4 Å². The number of hydrogen-bond donors (Lipinski definition) is 3. The third-order valence-corrected chi connectivity index (χ3v) is 5.23. The number of carbonyl (C=O) groups is 1. The lowest BCUT2D eigenvalue weighted by molar-refractivity contribution is 0.0953. The van der Waals surface area contributed by atoms with E-state index in [1.807, 2.05) is 38.1 Å². The fourth-order valence-corrected chi connectivity index (χ4v) is 3.66. The maximum Gasteiger partial charge on any atom is 0.251 e. The Kier molecular flexibility index (Phi) is 8.36. The number of carbonyl (C=O) groups excluding carboxylic acids is 1. The molecule has 3 rings (SSSR count). The first-order valence-electron chi connectivity index (χ1n) is 11.3. The van der Waals surface area contributed by atoms with Crippen molar-refractivity contribution in [3.05, 3.63) is 58.7 Å². The van der Waals surface area contributed by atoms with Gasteiger partial charge in [0.05, 0.1) is 6.61 Å². The summed E-state index contributed by atoms with van der Waals surface area (Å²) in [5.41, 5.74) is 3.88. The molecule has 2 aromatic rings. The SMILES string of the molecule is CCCNC(=O)c1cccc(CNC(=NC)NCc2cc3c(cc2OCC)CC(C)O3)c1. The number of nitrogens with zero attached hydrogens (tertiary/aromatic N) is 1. The van der Waals surface area contributed by atoms with Gasteiger partial charge < -0.3 is 25.4 Å². The Hall–Kier alpha value is -3.22. The van der Waals surface area contributed by atoms with E-state index in [2.05, 4.69) is 40.0 Å². The fraction of sp³-hybridized carbons (Fsp3) is 0.440. The smallest absolute Gasteiger partial charge is 0.251 e. The summed E-state index contributed by atoms with van der Waals surface area (Å²) >= 11 is 0. The number of rotatable bonds is 9. The molecule has 0 saturated heterocycles. The summed E-state index contributed by atoms with van der Waals surface area (Å²) in [4.78, 5) is 16.5. The van der Waals surface area contributed by atoms with Crippen LogP contribution in [0.3, 0.4) is 0 Å². The Morgan fingerprint density at radius 3 is 2.72 bits per heavy atom. The van der Waals surface area contributed by atoms with Crippen LogP contribution in [0.2, 0.25) is 0 Å². The van der Waals surface area contributed by atoms with Gasteiger partial charge in [0.15, 0.2) is 5.96 Å². The van der Waals surface area contributed by atoms with Gasteiger partial charge in [-0.1, -0.05) is 19.1 Å². The van der Waals surface area contributed by atoms with E-state index in [0.717, 1.165) is 35.5 Å². The molecule has 1 aliphatic rings. The van der Waals surface area contributed by atoms with E-state index >= 15 is 0 Å². The third kappa shape index (κ3) is 6.15. The van der Waals surface area contributed by atoms with Crippen LogP contribution in [0.1, 0.15) is 54.2 Å². The zero-order valence-electron chi connectivity index (χ0n) is 19.5. The molecule has 3 N–H and O–H groups in total. The van der Waals surface area contributed by atoms with Gasteiger partial charge in [-0.25, -0.2) is 0 Å². The highest BCUT2D eigenvalue weighted by Gasteiger charge is 2.22. The van der Waals surface area contributed by atoms with Crippen molar-refractivity contribution in [1.82, 2.24) is 16.0 Å². The van der Waals surface area contributed by atoms with Crippen molar-refractivity contribution in [2.75, 3.05) is 20.2 Å². The minimum atomic E-state index is -0.0483. The van der Waals surface area contributed by atoms with Gasteiger partial charge in [-0.05, 0) is 50.1 Å². The van der Waals surface area contributed by atoms with Crippen molar-refractivity contribution < 1.29 is 14.3 Å². The maximum absolute atomic E-state index is 12.2. The molecule has 0 bridgehead atoms. The lowest BCUT2D eigenvalue weighted by Crippen LogP contribution is -2.36. The van der Waals surface area contributed by atoms with Crippen molar-refractivity contribution in [2.24, 2.45) is 4.99 Å². The molecule has 1 heterocycles. The van der Waals surface area contributed by atoms with Crippen LogP contribution in [-0.4, -0.2) is 38.2 Å². The first kappa shape index (κ1) is 23.4. The number of guanidine groups is 1. The first-order chi connectivity index (χ1) is 15.5. The quantitative estimate of drug-likeness (QED) is 0.413. The van der Waals surface area contributed by atoms with E-state index in [4.69, 9.17) is 9.47 Å². The average molecular weight is 439 g/mol. The molecule has 0 spiro atoms. The molecule has 1 atom stereocenters. The zero-order valence-corrected chi connectivity index (χ0v) is 19.5. The molecule has 1 aliphatic heterocycles. The number of fused-ring (bicyclic) bond motifs is 1. The highest BCUT2D eigenvalue weighted by Crippen LogP contribution is 2.35. The van der Waals surface area contributed by atoms with Crippen LogP contribution in [0.4, 0.5) is 0 Å². The number of benzene rings is 2. The van der Waals surface area contributed by atoms with Gasteiger partial charge in [-0.2, -0.15) is 0 Å². The van der Waals surface area contributed by atoms with Crippen molar-refractivity contribution in [1.29, 1.82) is 0 Å². The Balaban J connectivity index is 1.60. The molecule has 1 amide bonds. The summed E-state index contributed by atoms with van der Waals surface area (Å²) in [6.45, 7) is 8.49. The predicted molar refractivity (Wildman–Crippen MR) is 128 cm³/mol. The van der Waals surface area contributed by atoms with E-state index in [1.54, 1.807) is 7.05 Å². The van der Waals surface area contributed by atoms with Crippen molar-refractivity contribution in [3.8, 4) is 11.5 Å². The van der Waals surface area contributed by atoms with E-state index in [9.17, 15) is 4.79 Å². The molecule has 0 saturated carbocycles. The molecule has 0 aromatic heterocycles. The molecule has 7 heteroatoms. The van der Waals surface area contributed by atoms with Crippen molar-refractivity contribution >= 4 is 11.9 Å². The van der Waals surface area contributed by atoms with Gasteiger partial charge in [-0.15, -0.1) is 0 Å². The summed E-state index contributed by atoms with van der Waals surface area (Å²) in [6, 6.07) is 11.8. The van der Waals surface area contributed by atoms with E-state index in [1.165, 1.54) is 5.56 Å². The topological polar surface area (TPSA) is 84.0 Å². The van der Waals surface area contributed by atoms with Crippen LogP contribution >= 0.6 is 0 Å². The van der Waals surface area contributed by atoms with Gasteiger partial charge in [0.2, 0.25) is 0 Å². The standard InChI is InChI=1S/C25H34N4O3/c1-5-10-27-24(30)19-9-7-8-18(12-19)15-28-25(26-4)29-16-21-14-23-20(11-17(3)32-23)13-22(21)31-6-2/h7-9,12-14,17H,5-6,10-11,15-16H2,1-4H3,(H,27,30)(H2,26,28,29). The second-order valence-electron chi connectivity index (χ2n) is 7.87. The molecule has 0 aliphatic carbocycles. The largest absolute Gasteiger partial charge is 0.494 e.